The minimum absolute atomic E-state index is 0.288. The quantitative estimate of drug-likeness (QED) is 0.765. The predicted molar refractivity (Wildman–Crippen MR) is 76.5 cm³/mol. The monoisotopic (exact) mass is 259 g/mol. The Labute approximate surface area is 115 Å². The summed E-state index contributed by atoms with van der Waals surface area (Å²) in [5.41, 5.74) is 1.80. The lowest BCUT2D eigenvalue weighted by atomic mass is 9.75. The number of rotatable bonds is 2. The van der Waals surface area contributed by atoms with Crippen LogP contribution >= 0.6 is 0 Å². The fourth-order valence-corrected chi connectivity index (χ4v) is 2.55. The van der Waals surface area contributed by atoms with E-state index in [0.717, 1.165) is 5.46 Å². The molecule has 0 bridgehead atoms. The highest BCUT2D eigenvalue weighted by atomic mass is 16.7. The van der Waals surface area contributed by atoms with Crippen LogP contribution in [0.3, 0.4) is 0 Å². The highest BCUT2D eigenvalue weighted by molar-refractivity contribution is 6.62. The normalized spacial score (nSPS) is 25.4. The van der Waals surface area contributed by atoms with Gasteiger partial charge in [0.25, 0.3) is 0 Å². The average Bonchev–Trinajstić information content (AvgIpc) is 2.46. The third kappa shape index (κ3) is 2.21. The van der Waals surface area contributed by atoms with Gasteiger partial charge < -0.3 is 9.31 Å². The molecule has 102 valence electrons. The van der Waals surface area contributed by atoms with Crippen LogP contribution in [0.5, 0.6) is 0 Å². The first-order valence-corrected chi connectivity index (χ1v) is 7.19. The average molecular weight is 259 g/mol. The number of nitrogens with zero attached hydrogens (tertiary/aromatic N) is 1. The zero-order chi connectivity index (χ0) is 13.7. The van der Waals surface area contributed by atoms with Crippen molar-refractivity contribution in [2.24, 2.45) is 0 Å². The maximum absolute atomic E-state index is 6.07. The molecule has 4 heteroatoms. The van der Waals surface area contributed by atoms with Crippen molar-refractivity contribution in [1.82, 2.24) is 4.98 Å². The fraction of sp³-hybridized carbons (Fsp3) is 0.667. The van der Waals surface area contributed by atoms with Gasteiger partial charge in [-0.2, -0.15) is 0 Å². The summed E-state index contributed by atoms with van der Waals surface area (Å²) in [6.07, 6.45) is 7.76. The molecule has 0 radical (unpaired) electrons. The summed E-state index contributed by atoms with van der Waals surface area (Å²) < 4.78 is 12.1. The van der Waals surface area contributed by atoms with Crippen molar-refractivity contribution >= 4 is 12.6 Å². The van der Waals surface area contributed by atoms with Crippen molar-refractivity contribution in [3.63, 3.8) is 0 Å². The molecule has 1 aliphatic carbocycles. The van der Waals surface area contributed by atoms with E-state index in [-0.39, 0.29) is 18.3 Å². The molecule has 1 aromatic rings. The Kier molecular flexibility index (Phi) is 2.99. The number of aromatic nitrogens is 1. The topological polar surface area (TPSA) is 31.4 Å². The summed E-state index contributed by atoms with van der Waals surface area (Å²) >= 11 is 0. The number of hydrogen-bond donors (Lipinski definition) is 0. The highest BCUT2D eigenvalue weighted by Gasteiger charge is 2.51. The molecule has 3 rings (SSSR count). The molecular formula is C15H22BNO2. The van der Waals surface area contributed by atoms with Crippen LogP contribution in [0, 0.1) is 0 Å². The summed E-state index contributed by atoms with van der Waals surface area (Å²) in [6, 6.07) is 2.21. The van der Waals surface area contributed by atoms with Crippen LogP contribution in [-0.4, -0.2) is 23.3 Å². The van der Waals surface area contributed by atoms with Crippen molar-refractivity contribution in [1.29, 1.82) is 0 Å². The van der Waals surface area contributed by atoms with E-state index in [2.05, 4.69) is 38.7 Å². The van der Waals surface area contributed by atoms with Crippen LogP contribution in [-0.2, 0) is 9.31 Å². The molecule has 1 saturated carbocycles. The van der Waals surface area contributed by atoms with Crippen LogP contribution in [0.25, 0.3) is 0 Å². The van der Waals surface area contributed by atoms with Gasteiger partial charge in [0.15, 0.2) is 0 Å². The Bertz CT molecular complexity index is 467. The molecule has 19 heavy (non-hydrogen) atoms. The van der Waals surface area contributed by atoms with Gasteiger partial charge in [-0.3, -0.25) is 4.98 Å². The maximum atomic E-state index is 6.07. The van der Waals surface area contributed by atoms with E-state index in [1.54, 1.807) is 0 Å². The van der Waals surface area contributed by atoms with E-state index >= 15 is 0 Å². The second-order valence-electron chi connectivity index (χ2n) is 6.77. The van der Waals surface area contributed by atoms with Gasteiger partial charge in [0, 0.05) is 17.9 Å². The third-order valence-electron chi connectivity index (χ3n) is 4.88. The van der Waals surface area contributed by atoms with Gasteiger partial charge in [-0.05, 0) is 52.0 Å². The smallest absolute Gasteiger partial charge is 0.399 e. The Morgan fingerprint density at radius 2 is 1.74 bits per heavy atom. The Morgan fingerprint density at radius 3 is 2.26 bits per heavy atom. The standard InChI is InChI=1S/C15H22BNO2/c1-14(2)15(3,4)19-16(18-14)13-8-12(9-17-10-13)11-6-5-7-11/h8-11H,5-7H2,1-4H3. The number of hydrogen-bond acceptors (Lipinski definition) is 3. The van der Waals surface area contributed by atoms with Gasteiger partial charge in [0.1, 0.15) is 0 Å². The summed E-state index contributed by atoms with van der Waals surface area (Å²) in [4.78, 5) is 4.37. The zero-order valence-corrected chi connectivity index (χ0v) is 12.3. The third-order valence-corrected chi connectivity index (χ3v) is 4.88. The van der Waals surface area contributed by atoms with Crippen molar-refractivity contribution in [3.05, 3.63) is 24.0 Å². The van der Waals surface area contributed by atoms with Gasteiger partial charge in [-0.1, -0.05) is 12.5 Å². The Morgan fingerprint density at radius 1 is 1.11 bits per heavy atom. The largest absolute Gasteiger partial charge is 0.496 e. The molecule has 1 saturated heterocycles. The molecule has 0 N–H and O–H groups in total. The maximum Gasteiger partial charge on any atom is 0.496 e. The molecule has 0 spiro atoms. The van der Waals surface area contributed by atoms with Gasteiger partial charge in [-0.15, -0.1) is 0 Å². The van der Waals surface area contributed by atoms with Crippen LogP contribution in [0.15, 0.2) is 18.5 Å². The Balaban J connectivity index is 1.83. The molecule has 0 aromatic carbocycles. The molecule has 2 heterocycles. The van der Waals surface area contributed by atoms with Crippen LogP contribution in [0.1, 0.15) is 58.4 Å². The van der Waals surface area contributed by atoms with E-state index in [1.165, 1.54) is 24.8 Å². The van der Waals surface area contributed by atoms with E-state index in [0.29, 0.717) is 5.92 Å². The minimum Gasteiger partial charge on any atom is -0.399 e. The molecule has 1 aliphatic heterocycles. The molecule has 2 fully saturated rings. The minimum atomic E-state index is -0.294. The van der Waals surface area contributed by atoms with E-state index in [1.807, 2.05) is 12.4 Å². The molecule has 0 unspecified atom stereocenters. The molecule has 0 amide bonds. The van der Waals surface area contributed by atoms with Gasteiger partial charge in [-0.25, -0.2) is 0 Å². The van der Waals surface area contributed by atoms with E-state index in [9.17, 15) is 0 Å². The first-order valence-electron chi connectivity index (χ1n) is 7.19. The summed E-state index contributed by atoms with van der Waals surface area (Å²) in [6.45, 7) is 8.32. The first-order chi connectivity index (χ1) is 8.89. The first kappa shape index (κ1) is 13.1. The van der Waals surface area contributed by atoms with Gasteiger partial charge in [0.05, 0.1) is 11.2 Å². The zero-order valence-electron chi connectivity index (χ0n) is 12.3. The Hall–Kier alpha value is -0.865. The highest BCUT2D eigenvalue weighted by Crippen LogP contribution is 2.38. The fourth-order valence-electron chi connectivity index (χ4n) is 2.55. The second kappa shape index (κ2) is 4.32. The van der Waals surface area contributed by atoms with Crippen molar-refractivity contribution in [2.75, 3.05) is 0 Å². The van der Waals surface area contributed by atoms with Crippen LogP contribution in [0.2, 0.25) is 0 Å². The molecule has 3 nitrogen and oxygen atoms in total. The molecular weight excluding hydrogens is 237 g/mol. The van der Waals surface area contributed by atoms with Crippen LogP contribution in [0.4, 0.5) is 0 Å². The summed E-state index contributed by atoms with van der Waals surface area (Å²) in [7, 11) is -0.294. The predicted octanol–water partition coefficient (Wildman–Crippen LogP) is 2.65. The molecule has 0 atom stereocenters. The second-order valence-corrected chi connectivity index (χ2v) is 6.77. The van der Waals surface area contributed by atoms with E-state index < -0.39 is 0 Å². The SMILES string of the molecule is CC1(C)OB(c2cncc(C3CCC3)c2)OC1(C)C. The van der Waals surface area contributed by atoms with Crippen molar-refractivity contribution in [2.45, 2.75) is 64.1 Å². The lowest BCUT2D eigenvalue weighted by Gasteiger charge is -2.32. The number of pyridine rings is 1. The lowest BCUT2D eigenvalue weighted by molar-refractivity contribution is 0.00578. The molecule has 1 aromatic heterocycles. The van der Waals surface area contributed by atoms with Gasteiger partial charge in [0.2, 0.25) is 0 Å². The van der Waals surface area contributed by atoms with E-state index in [4.69, 9.17) is 9.31 Å². The summed E-state index contributed by atoms with van der Waals surface area (Å²) in [5.74, 6) is 0.690. The van der Waals surface area contributed by atoms with Crippen LogP contribution < -0.4 is 5.46 Å². The van der Waals surface area contributed by atoms with Gasteiger partial charge >= 0.3 is 7.12 Å². The lowest BCUT2D eigenvalue weighted by Crippen LogP contribution is -2.41. The molecule has 2 aliphatic rings. The van der Waals surface area contributed by atoms with Crippen molar-refractivity contribution < 1.29 is 9.31 Å². The van der Waals surface area contributed by atoms with Crippen molar-refractivity contribution in [3.8, 4) is 0 Å². The summed E-state index contributed by atoms with van der Waals surface area (Å²) in [5, 5.41) is 0.